The molecule has 2 aliphatic heterocycles. The third-order valence-corrected chi connectivity index (χ3v) is 4.54. The fourth-order valence-electron chi connectivity index (χ4n) is 3.00. The van der Waals surface area contributed by atoms with Crippen molar-refractivity contribution in [3.8, 4) is 17.2 Å². The second-order valence-corrected chi connectivity index (χ2v) is 6.53. The molecule has 4 rings (SSSR count). The van der Waals surface area contributed by atoms with Crippen molar-refractivity contribution in [1.29, 1.82) is 0 Å². The lowest BCUT2D eigenvalue weighted by Crippen LogP contribution is -2.21. The number of nitrogens with one attached hydrogen (secondary N) is 1. The van der Waals surface area contributed by atoms with E-state index in [1.807, 2.05) is 24.3 Å². The van der Waals surface area contributed by atoms with Crippen LogP contribution in [0.2, 0.25) is 5.02 Å². The summed E-state index contributed by atoms with van der Waals surface area (Å²) < 4.78 is 16.5. The zero-order valence-corrected chi connectivity index (χ0v) is 14.8. The number of hydrogen-bond donors (Lipinski definition) is 1. The van der Waals surface area contributed by atoms with Crippen LogP contribution < -0.4 is 19.5 Å². The van der Waals surface area contributed by atoms with Crippen LogP contribution >= 0.6 is 11.6 Å². The van der Waals surface area contributed by atoms with Gasteiger partial charge in [-0.3, -0.25) is 4.79 Å². The second-order valence-electron chi connectivity index (χ2n) is 6.12. The Balaban J connectivity index is 1.37. The molecule has 1 N–H and O–H groups in total. The molecule has 134 valence electrons. The zero-order chi connectivity index (χ0) is 17.9. The van der Waals surface area contributed by atoms with Gasteiger partial charge < -0.3 is 19.5 Å². The first-order chi connectivity index (χ1) is 12.7. The SMILES string of the molecule is O=C(/C=C/c1ccc2c(c1)CCO2)NCc1cc(Cl)c2c(c1)OCCO2. The minimum absolute atomic E-state index is 0.173. The average Bonchev–Trinajstić information content (AvgIpc) is 3.12. The minimum atomic E-state index is -0.173. The number of carbonyl (C=O) groups is 1. The lowest BCUT2D eigenvalue weighted by atomic mass is 10.1. The Bertz CT molecular complexity index is 878. The number of halogens is 1. The Kier molecular flexibility index (Phi) is 4.71. The molecule has 0 bridgehead atoms. The molecule has 0 aromatic heterocycles. The van der Waals surface area contributed by atoms with Gasteiger partial charge in [0.1, 0.15) is 19.0 Å². The molecule has 5 nitrogen and oxygen atoms in total. The Hall–Kier alpha value is -2.66. The van der Waals surface area contributed by atoms with Crippen molar-refractivity contribution in [2.45, 2.75) is 13.0 Å². The first-order valence-corrected chi connectivity index (χ1v) is 8.86. The van der Waals surface area contributed by atoms with E-state index in [2.05, 4.69) is 5.32 Å². The Morgan fingerprint density at radius 1 is 1.08 bits per heavy atom. The van der Waals surface area contributed by atoms with Crippen LogP contribution in [0.1, 0.15) is 16.7 Å². The van der Waals surface area contributed by atoms with Crippen LogP contribution in [0, 0.1) is 0 Å². The van der Waals surface area contributed by atoms with E-state index in [9.17, 15) is 4.79 Å². The van der Waals surface area contributed by atoms with Crippen molar-refractivity contribution in [2.24, 2.45) is 0 Å². The molecule has 0 aliphatic carbocycles. The van der Waals surface area contributed by atoms with E-state index in [-0.39, 0.29) is 5.91 Å². The molecule has 2 heterocycles. The van der Waals surface area contributed by atoms with Gasteiger partial charge in [-0.05, 0) is 47.0 Å². The van der Waals surface area contributed by atoms with Gasteiger partial charge in [-0.1, -0.05) is 17.7 Å². The second kappa shape index (κ2) is 7.30. The highest BCUT2D eigenvalue weighted by atomic mass is 35.5. The molecule has 26 heavy (non-hydrogen) atoms. The van der Waals surface area contributed by atoms with E-state index in [1.165, 1.54) is 11.6 Å². The molecule has 2 aliphatic rings. The summed E-state index contributed by atoms with van der Waals surface area (Å²) in [5, 5.41) is 3.34. The molecule has 0 radical (unpaired) electrons. The van der Waals surface area contributed by atoms with E-state index < -0.39 is 0 Å². The highest BCUT2D eigenvalue weighted by molar-refractivity contribution is 6.32. The smallest absolute Gasteiger partial charge is 0.244 e. The molecule has 2 aromatic carbocycles. The molecule has 1 amide bonds. The fourth-order valence-corrected chi connectivity index (χ4v) is 3.28. The van der Waals surface area contributed by atoms with Gasteiger partial charge >= 0.3 is 0 Å². The van der Waals surface area contributed by atoms with Gasteiger partial charge in [0.05, 0.1) is 11.6 Å². The van der Waals surface area contributed by atoms with Crippen LogP contribution in [0.4, 0.5) is 0 Å². The first kappa shape index (κ1) is 16.8. The average molecular weight is 372 g/mol. The molecule has 0 saturated heterocycles. The largest absolute Gasteiger partial charge is 0.493 e. The number of hydrogen-bond acceptors (Lipinski definition) is 4. The summed E-state index contributed by atoms with van der Waals surface area (Å²) in [5.41, 5.74) is 3.01. The molecular formula is C20H18ClNO4. The minimum Gasteiger partial charge on any atom is -0.493 e. The standard InChI is InChI=1S/C20H18ClNO4/c21-16-10-14(11-18-20(16)26-8-7-25-18)12-22-19(23)4-2-13-1-3-17-15(9-13)5-6-24-17/h1-4,9-11H,5-8,12H2,(H,22,23)/b4-2+. The third kappa shape index (κ3) is 3.63. The molecule has 0 unspecified atom stereocenters. The van der Waals surface area contributed by atoms with Gasteiger partial charge in [-0.2, -0.15) is 0 Å². The highest BCUT2D eigenvalue weighted by Crippen LogP contribution is 2.38. The van der Waals surface area contributed by atoms with E-state index in [4.69, 9.17) is 25.8 Å². The fraction of sp³-hybridized carbons (Fsp3) is 0.250. The van der Waals surface area contributed by atoms with Crippen molar-refractivity contribution in [3.05, 3.63) is 58.1 Å². The lowest BCUT2D eigenvalue weighted by Gasteiger charge is -2.20. The lowest BCUT2D eigenvalue weighted by molar-refractivity contribution is -0.116. The topological polar surface area (TPSA) is 56.8 Å². The number of fused-ring (bicyclic) bond motifs is 2. The third-order valence-electron chi connectivity index (χ3n) is 4.26. The van der Waals surface area contributed by atoms with Crippen LogP contribution in [0.15, 0.2) is 36.4 Å². The summed E-state index contributed by atoms with van der Waals surface area (Å²) in [7, 11) is 0. The summed E-state index contributed by atoms with van der Waals surface area (Å²) in [4.78, 5) is 12.1. The molecule has 0 fully saturated rings. The number of benzene rings is 2. The highest BCUT2D eigenvalue weighted by Gasteiger charge is 2.16. The number of rotatable bonds is 4. The Morgan fingerprint density at radius 3 is 2.85 bits per heavy atom. The Morgan fingerprint density at radius 2 is 1.92 bits per heavy atom. The molecule has 0 atom stereocenters. The van der Waals surface area contributed by atoms with Gasteiger partial charge in [-0.15, -0.1) is 0 Å². The van der Waals surface area contributed by atoms with Crippen LogP contribution in [0.5, 0.6) is 17.2 Å². The number of carbonyl (C=O) groups excluding carboxylic acids is 1. The van der Waals surface area contributed by atoms with E-state index in [0.717, 1.165) is 29.9 Å². The Labute approximate surface area is 156 Å². The van der Waals surface area contributed by atoms with Crippen LogP contribution in [0.3, 0.4) is 0 Å². The molecular weight excluding hydrogens is 354 g/mol. The predicted molar refractivity (Wildman–Crippen MR) is 99.0 cm³/mol. The maximum absolute atomic E-state index is 12.1. The van der Waals surface area contributed by atoms with E-state index >= 15 is 0 Å². The van der Waals surface area contributed by atoms with Crippen molar-refractivity contribution in [1.82, 2.24) is 5.32 Å². The molecule has 0 saturated carbocycles. The van der Waals surface area contributed by atoms with Crippen molar-refractivity contribution < 1.29 is 19.0 Å². The van der Waals surface area contributed by atoms with E-state index in [0.29, 0.717) is 36.3 Å². The van der Waals surface area contributed by atoms with Gasteiger partial charge in [0, 0.05) is 19.0 Å². The first-order valence-electron chi connectivity index (χ1n) is 8.49. The van der Waals surface area contributed by atoms with Gasteiger partial charge in [0.15, 0.2) is 11.5 Å². The van der Waals surface area contributed by atoms with E-state index in [1.54, 1.807) is 12.1 Å². The molecule has 2 aromatic rings. The van der Waals surface area contributed by atoms with Crippen LogP contribution in [0.25, 0.3) is 6.08 Å². The van der Waals surface area contributed by atoms with Crippen molar-refractivity contribution in [2.75, 3.05) is 19.8 Å². The molecule has 0 spiro atoms. The monoisotopic (exact) mass is 371 g/mol. The zero-order valence-electron chi connectivity index (χ0n) is 14.1. The van der Waals surface area contributed by atoms with Crippen LogP contribution in [-0.4, -0.2) is 25.7 Å². The maximum atomic E-state index is 12.1. The predicted octanol–water partition coefficient (Wildman–Crippen LogP) is 3.38. The van der Waals surface area contributed by atoms with Crippen LogP contribution in [-0.2, 0) is 17.8 Å². The van der Waals surface area contributed by atoms with Gasteiger partial charge in [0.2, 0.25) is 5.91 Å². The maximum Gasteiger partial charge on any atom is 0.244 e. The molecule has 6 heteroatoms. The number of ether oxygens (including phenoxy) is 3. The van der Waals surface area contributed by atoms with Crippen molar-refractivity contribution >= 4 is 23.6 Å². The summed E-state index contributed by atoms with van der Waals surface area (Å²) >= 11 is 6.21. The summed E-state index contributed by atoms with van der Waals surface area (Å²) in [5.74, 6) is 1.94. The normalized spacial score (nSPS) is 14.8. The van der Waals surface area contributed by atoms with Gasteiger partial charge in [-0.25, -0.2) is 0 Å². The summed E-state index contributed by atoms with van der Waals surface area (Å²) in [6, 6.07) is 9.54. The van der Waals surface area contributed by atoms with Crippen molar-refractivity contribution in [3.63, 3.8) is 0 Å². The summed E-state index contributed by atoms with van der Waals surface area (Å²) in [6.07, 6.45) is 4.23. The summed E-state index contributed by atoms with van der Waals surface area (Å²) in [6.45, 7) is 2.06. The quantitative estimate of drug-likeness (QED) is 0.837. The van der Waals surface area contributed by atoms with Gasteiger partial charge in [0.25, 0.3) is 0 Å². The number of amides is 1.